The predicted molar refractivity (Wildman–Crippen MR) is 91.5 cm³/mol. The fourth-order valence-electron chi connectivity index (χ4n) is 3.50. The number of benzene rings is 1. The van der Waals surface area contributed by atoms with Gasteiger partial charge in [-0.15, -0.1) is 11.3 Å². The van der Waals surface area contributed by atoms with Crippen LogP contribution in [0.3, 0.4) is 0 Å². The molecule has 4 rings (SSSR count). The molecule has 2 aromatic rings. The number of nitro benzene ring substituents is 1. The maximum Gasteiger partial charge on any atom is 0.270 e. The molecule has 2 aliphatic heterocycles. The average molecular weight is 357 g/mol. The molecule has 0 bridgehead atoms. The minimum absolute atomic E-state index is 0.117. The van der Waals surface area contributed by atoms with Crippen molar-refractivity contribution in [2.45, 2.75) is 18.9 Å². The topological polar surface area (TPSA) is 83.8 Å². The molecule has 1 atom stereocenters. The lowest BCUT2D eigenvalue weighted by Gasteiger charge is -2.27. The maximum absolute atomic E-state index is 12.6. The summed E-state index contributed by atoms with van der Waals surface area (Å²) in [4.78, 5) is 40.1. The first-order chi connectivity index (χ1) is 12.1. The standard InChI is InChI=1S/C17H15N3O4S/c21-16-12-6-5-11(20(23)24)9-13(12)17(22)19(16)10-18-7-1-3-14(18)15-4-2-8-25-15/h2,4-6,8-9,14H,1,3,7,10H2/t14-/m0/s1. The van der Waals surface area contributed by atoms with Gasteiger partial charge in [-0.2, -0.15) is 0 Å². The lowest BCUT2D eigenvalue weighted by Crippen LogP contribution is -2.40. The number of rotatable bonds is 4. The Morgan fingerprint density at radius 1 is 1.20 bits per heavy atom. The third-order valence-corrected chi connectivity index (χ3v) is 5.70. The third kappa shape index (κ3) is 2.63. The second kappa shape index (κ2) is 6.05. The van der Waals surface area contributed by atoms with Gasteiger partial charge in [-0.05, 0) is 30.4 Å². The van der Waals surface area contributed by atoms with E-state index in [1.54, 1.807) is 11.3 Å². The van der Waals surface area contributed by atoms with Crippen LogP contribution in [-0.4, -0.2) is 39.8 Å². The van der Waals surface area contributed by atoms with Crippen molar-refractivity contribution in [3.05, 3.63) is 61.8 Å². The smallest absolute Gasteiger partial charge is 0.270 e. The number of carbonyl (C=O) groups excluding carboxylic acids is 2. The first-order valence-electron chi connectivity index (χ1n) is 7.98. The van der Waals surface area contributed by atoms with Crippen molar-refractivity contribution < 1.29 is 14.5 Å². The van der Waals surface area contributed by atoms with E-state index in [0.717, 1.165) is 19.4 Å². The summed E-state index contributed by atoms with van der Waals surface area (Å²) in [5.41, 5.74) is 0.174. The van der Waals surface area contributed by atoms with Crippen LogP contribution in [0.15, 0.2) is 35.7 Å². The molecule has 1 fully saturated rings. The van der Waals surface area contributed by atoms with E-state index in [1.807, 2.05) is 11.4 Å². The Hall–Kier alpha value is -2.58. The van der Waals surface area contributed by atoms with Crippen LogP contribution in [0.2, 0.25) is 0 Å². The summed E-state index contributed by atoms with van der Waals surface area (Å²) in [7, 11) is 0. The van der Waals surface area contributed by atoms with Crippen molar-refractivity contribution in [2.24, 2.45) is 0 Å². The number of hydrogen-bond donors (Lipinski definition) is 0. The number of carbonyl (C=O) groups is 2. The van der Waals surface area contributed by atoms with Gasteiger partial charge >= 0.3 is 0 Å². The lowest BCUT2D eigenvalue weighted by atomic mass is 10.1. The van der Waals surface area contributed by atoms with Crippen LogP contribution >= 0.6 is 11.3 Å². The molecule has 0 saturated carbocycles. The van der Waals surface area contributed by atoms with E-state index < -0.39 is 10.8 Å². The number of imide groups is 1. The minimum Gasteiger partial charge on any atom is -0.278 e. The van der Waals surface area contributed by atoms with Crippen molar-refractivity contribution in [3.8, 4) is 0 Å². The molecule has 25 heavy (non-hydrogen) atoms. The number of nitrogens with zero attached hydrogens (tertiary/aromatic N) is 3. The van der Waals surface area contributed by atoms with Gasteiger partial charge < -0.3 is 0 Å². The van der Waals surface area contributed by atoms with Gasteiger partial charge in [0.15, 0.2) is 0 Å². The zero-order valence-electron chi connectivity index (χ0n) is 13.3. The van der Waals surface area contributed by atoms with Crippen LogP contribution in [0.25, 0.3) is 0 Å². The molecule has 2 amide bonds. The van der Waals surface area contributed by atoms with Gasteiger partial charge in [-0.1, -0.05) is 6.07 Å². The zero-order chi connectivity index (χ0) is 17.6. The van der Waals surface area contributed by atoms with Gasteiger partial charge in [-0.3, -0.25) is 29.5 Å². The summed E-state index contributed by atoms with van der Waals surface area (Å²) in [6, 6.07) is 8.10. The Morgan fingerprint density at radius 2 is 2.00 bits per heavy atom. The summed E-state index contributed by atoms with van der Waals surface area (Å²) in [5.74, 6) is -0.841. The van der Waals surface area contributed by atoms with E-state index in [9.17, 15) is 19.7 Å². The Balaban J connectivity index is 1.58. The molecule has 0 spiro atoms. The van der Waals surface area contributed by atoms with Crippen LogP contribution in [-0.2, 0) is 0 Å². The summed E-state index contributed by atoms with van der Waals surface area (Å²) >= 11 is 1.67. The predicted octanol–water partition coefficient (Wildman–Crippen LogP) is 3.05. The normalized spacial score (nSPS) is 20.3. The van der Waals surface area contributed by atoms with Gasteiger partial charge in [0.05, 0.1) is 22.7 Å². The molecule has 1 aromatic carbocycles. The van der Waals surface area contributed by atoms with Crippen molar-refractivity contribution in [3.63, 3.8) is 0 Å². The van der Waals surface area contributed by atoms with Gasteiger partial charge in [0.1, 0.15) is 0 Å². The molecule has 0 radical (unpaired) electrons. The second-order valence-corrected chi connectivity index (χ2v) is 7.13. The maximum atomic E-state index is 12.6. The average Bonchev–Trinajstić information content (AvgIpc) is 3.32. The quantitative estimate of drug-likeness (QED) is 0.477. The van der Waals surface area contributed by atoms with Crippen LogP contribution in [0, 0.1) is 10.1 Å². The van der Waals surface area contributed by atoms with E-state index in [2.05, 4.69) is 11.0 Å². The number of nitro groups is 1. The van der Waals surface area contributed by atoms with Crippen LogP contribution in [0.1, 0.15) is 44.5 Å². The molecule has 3 heterocycles. The number of likely N-dealkylation sites (tertiary alicyclic amines) is 1. The molecule has 128 valence electrons. The summed E-state index contributed by atoms with van der Waals surface area (Å²) in [6.07, 6.45) is 2.01. The Bertz CT molecular complexity index is 865. The number of hydrogen-bond acceptors (Lipinski definition) is 6. The van der Waals surface area contributed by atoms with Crippen molar-refractivity contribution >= 4 is 28.8 Å². The fraction of sp³-hybridized carbons (Fsp3) is 0.294. The summed E-state index contributed by atoms with van der Waals surface area (Å²) < 4.78 is 0. The highest BCUT2D eigenvalue weighted by atomic mass is 32.1. The Kier molecular flexibility index (Phi) is 3.85. The van der Waals surface area contributed by atoms with Gasteiger partial charge in [0.25, 0.3) is 17.5 Å². The third-order valence-electron chi connectivity index (χ3n) is 4.72. The zero-order valence-corrected chi connectivity index (χ0v) is 14.1. The number of thiophene rings is 1. The van der Waals surface area contributed by atoms with E-state index in [0.29, 0.717) is 0 Å². The lowest BCUT2D eigenvalue weighted by molar-refractivity contribution is -0.384. The Labute approximate surface area is 147 Å². The van der Waals surface area contributed by atoms with Crippen LogP contribution in [0.4, 0.5) is 5.69 Å². The van der Waals surface area contributed by atoms with Crippen LogP contribution < -0.4 is 0 Å². The first-order valence-corrected chi connectivity index (χ1v) is 8.86. The van der Waals surface area contributed by atoms with E-state index in [4.69, 9.17) is 0 Å². The van der Waals surface area contributed by atoms with Crippen molar-refractivity contribution in [2.75, 3.05) is 13.2 Å². The number of fused-ring (bicyclic) bond motifs is 1. The van der Waals surface area contributed by atoms with Crippen molar-refractivity contribution in [1.82, 2.24) is 9.80 Å². The number of non-ortho nitro benzene ring substituents is 1. The largest absolute Gasteiger partial charge is 0.278 e. The fourth-order valence-corrected chi connectivity index (χ4v) is 4.40. The SMILES string of the molecule is O=C1c2ccc([N+](=O)[O-])cc2C(=O)N1CN1CCC[C@H]1c1cccs1. The molecule has 0 N–H and O–H groups in total. The molecule has 8 heteroatoms. The highest BCUT2D eigenvalue weighted by Gasteiger charge is 2.39. The minimum atomic E-state index is -0.562. The number of amides is 2. The molecule has 2 aliphatic rings. The molecule has 1 aromatic heterocycles. The first kappa shape index (κ1) is 15.9. The van der Waals surface area contributed by atoms with Gasteiger partial charge in [-0.25, -0.2) is 0 Å². The molecule has 0 unspecified atom stereocenters. The highest BCUT2D eigenvalue weighted by molar-refractivity contribution is 7.10. The van der Waals surface area contributed by atoms with E-state index in [1.165, 1.54) is 28.0 Å². The van der Waals surface area contributed by atoms with E-state index >= 15 is 0 Å². The van der Waals surface area contributed by atoms with Crippen LogP contribution in [0.5, 0.6) is 0 Å². The Morgan fingerprint density at radius 3 is 2.72 bits per heavy atom. The molecular weight excluding hydrogens is 342 g/mol. The van der Waals surface area contributed by atoms with Gasteiger partial charge in [0.2, 0.25) is 0 Å². The molecule has 1 saturated heterocycles. The summed E-state index contributed by atoms with van der Waals surface area (Å²) in [6.45, 7) is 1.03. The second-order valence-electron chi connectivity index (χ2n) is 6.15. The summed E-state index contributed by atoms with van der Waals surface area (Å²) in [5, 5.41) is 12.9. The van der Waals surface area contributed by atoms with Crippen molar-refractivity contribution in [1.29, 1.82) is 0 Å². The van der Waals surface area contributed by atoms with E-state index in [-0.39, 0.29) is 35.4 Å². The molecular formula is C17H15N3O4S. The van der Waals surface area contributed by atoms with Gasteiger partial charge in [0, 0.05) is 29.6 Å². The highest BCUT2D eigenvalue weighted by Crippen LogP contribution is 2.35. The monoisotopic (exact) mass is 357 g/mol. The molecule has 7 nitrogen and oxygen atoms in total. The molecule has 0 aliphatic carbocycles.